The van der Waals surface area contributed by atoms with Gasteiger partial charge in [-0.15, -0.1) is 0 Å². The minimum atomic E-state index is -3.73. The van der Waals surface area contributed by atoms with E-state index in [9.17, 15) is 13.2 Å². The van der Waals surface area contributed by atoms with Crippen molar-refractivity contribution in [3.05, 3.63) is 65.2 Å². The Hall–Kier alpha value is -1.89. The first-order valence-electron chi connectivity index (χ1n) is 6.98. The van der Waals surface area contributed by atoms with Crippen LogP contribution in [0.5, 0.6) is 0 Å². The van der Waals surface area contributed by atoms with E-state index in [4.69, 9.17) is 11.6 Å². The van der Waals surface area contributed by atoms with Gasteiger partial charge in [-0.3, -0.25) is 4.79 Å². The zero-order chi connectivity index (χ0) is 16.9. The number of carbonyl (C=O) groups is 1. The number of hydrogen-bond donors (Lipinski definition) is 2. The average molecular weight is 353 g/mol. The fraction of sp³-hybridized carbons (Fsp3) is 0.188. The molecule has 1 amide bonds. The number of halogens is 1. The van der Waals surface area contributed by atoms with E-state index in [1.54, 1.807) is 36.4 Å². The van der Waals surface area contributed by atoms with Crippen LogP contribution >= 0.6 is 11.6 Å². The summed E-state index contributed by atoms with van der Waals surface area (Å²) < 4.78 is 26.7. The van der Waals surface area contributed by atoms with E-state index in [-0.39, 0.29) is 11.4 Å². The van der Waals surface area contributed by atoms with Gasteiger partial charge in [-0.1, -0.05) is 48.0 Å². The van der Waals surface area contributed by atoms with Gasteiger partial charge < -0.3 is 5.32 Å². The lowest BCUT2D eigenvalue weighted by molar-refractivity contribution is -0.122. The molecule has 1 atom stereocenters. The fourth-order valence-electron chi connectivity index (χ4n) is 1.93. The standard InChI is InChI=1S/C16H17ClN2O3S/c1-12(19-23(21,22)14-8-3-2-4-9-14)16(20)18-11-13-7-5-6-10-15(13)17/h2-10,12,19H,11H2,1H3,(H,18,20). The zero-order valence-corrected chi connectivity index (χ0v) is 14.1. The van der Waals surface area contributed by atoms with E-state index in [1.165, 1.54) is 19.1 Å². The van der Waals surface area contributed by atoms with E-state index in [2.05, 4.69) is 10.0 Å². The van der Waals surface area contributed by atoms with Crippen molar-refractivity contribution in [2.24, 2.45) is 0 Å². The summed E-state index contributed by atoms with van der Waals surface area (Å²) in [7, 11) is -3.73. The molecule has 0 aliphatic rings. The Kier molecular flexibility index (Phi) is 5.76. The summed E-state index contributed by atoms with van der Waals surface area (Å²) in [5, 5.41) is 3.21. The van der Waals surface area contributed by atoms with Crippen molar-refractivity contribution in [2.75, 3.05) is 0 Å². The molecular weight excluding hydrogens is 336 g/mol. The highest BCUT2D eigenvalue weighted by Crippen LogP contribution is 2.14. The van der Waals surface area contributed by atoms with Crippen LogP contribution in [0.15, 0.2) is 59.5 Å². The normalized spacial score (nSPS) is 12.6. The van der Waals surface area contributed by atoms with E-state index in [1.807, 2.05) is 6.07 Å². The molecule has 7 heteroatoms. The highest BCUT2D eigenvalue weighted by Gasteiger charge is 2.21. The Morgan fingerprint density at radius 3 is 2.35 bits per heavy atom. The van der Waals surface area contributed by atoms with Crippen molar-refractivity contribution < 1.29 is 13.2 Å². The van der Waals surface area contributed by atoms with E-state index >= 15 is 0 Å². The lowest BCUT2D eigenvalue weighted by Gasteiger charge is -2.15. The van der Waals surface area contributed by atoms with E-state index < -0.39 is 22.0 Å². The monoisotopic (exact) mass is 352 g/mol. The molecule has 1 unspecified atom stereocenters. The first kappa shape index (κ1) is 17.5. The fourth-order valence-corrected chi connectivity index (χ4v) is 3.36. The summed E-state index contributed by atoms with van der Waals surface area (Å²) in [4.78, 5) is 12.2. The number of carbonyl (C=O) groups excluding carboxylic acids is 1. The van der Waals surface area contributed by atoms with Crippen LogP contribution in [0, 0.1) is 0 Å². The Balaban J connectivity index is 1.97. The second kappa shape index (κ2) is 7.59. The average Bonchev–Trinajstić information content (AvgIpc) is 2.54. The van der Waals surface area contributed by atoms with Crippen LogP contribution in [0.2, 0.25) is 5.02 Å². The molecule has 122 valence electrons. The van der Waals surface area contributed by atoms with Crippen LogP contribution in [0.4, 0.5) is 0 Å². The van der Waals surface area contributed by atoms with Gasteiger partial charge in [-0.05, 0) is 30.7 Å². The first-order valence-corrected chi connectivity index (χ1v) is 8.85. The molecule has 0 fully saturated rings. The van der Waals surface area contributed by atoms with Gasteiger partial charge in [0.1, 0.15) is 0 Å². The van der Waals surface area contributed by atoms with Crippen LogP contribution in [0.1, 0.15) is 12.5 Å². The molecule has 5 nitrogen and oxygen atoms in total. The third-order valence-electron chi connectivity index (χ3n) is 3.19. The van der Waals surface area contributed by atoms with E-state index in [0.717, 1.165) is 5.56 Å². The number of hydrogen-bond acceptors (Lipinski definition) is 3. The molecule has 0 radical (unpaired) electrons. The Morgan fingerprint density at radius 1 is 1.09 bits per heavy atom. The van der Waals surface area contributed by atoms with Gasteiger partial charge in [0.2, 0.25) is 15.9 Å². The van der Waals surface area contributed by atoms with Crippen molar-refractivity contribution in [1.29, 1.82) is 0 Å². The lowest BCUT2D eigenvalue weighted by atomic mass is 10.2. The molecule has 23 heavy (non-hydrogen) atoms. The van der Waals surface area contributed by atoms with Crippen LogP contribution in [-0.4, -0.2) is 20.4 Å². The summed E-state index contributed by atoms with van der Waals surface area (Å²) in [6.45, 7) is 1.72. The Morgan fingerprint density at radius 2 is 1.70 bits per heavy atom. The van der Waals surface area contributed by atoms with Crippen molar-refractivity contribution in [1.82, 2.24) is 10.0 Å². The minimum Gasteiger partial charge on any atom is -0.351 e. The van der Waals surface area contributed by atoms with Crippen LogP contribution in [-0.2, 0) is 21.4 Å². The van der Waals surface area contributed by atoms with Gasteiger partial charge in [0.05, 0.1) is 10.9 Å². The predicted molar refractivity (Wildman–Crippen MR) is 89.5 cm³/mol. The largest absolute Gasteiger partial charge is 0.351 e. The summed E-state index contributed by atoms with van der Waals surface area (Å²) in [6, 6.07) is 14.1. The van der Waals surface area contributed by atoms with Gasteiger partial charge in [0.25, 0.3) is 0 Å². The second-order valence-corrected chi connectivity index (χ2v) is 7.09. The van der Waals surface area contributed by atoms with Crippen molar-refractivity contribution in [2.45, 2.75) is 24.4 Å². The molecule has 2 rings (SSSR count). The molecule has 2 aromatic carbocycles. The third-order valence-corrected chi connectivity index (χ3v) is 5.11. The summed E-state index contributed by atoms with van der Waals surface area (Å²) in [5.74, 6) is -0.426. The molecule has 0 aliphatic carbocycles. The molecule has 0 saturated heterocycles. The molecule has 0 aromatic heterocycles. The van der Waals surface area contributed by atoms with Gasteiger partial charge in [0.15, 0.2) is 0 Å². The number of rotatable bonds is 6. The third kappa shape index (κ3) is 4.79. The molecule has 0 aliphatic heterocycles. The number of amides is 1. The molecule has 0 spiro atoms. The molecule has 2 N–H and O–H groups in total. The number of nitrogens with one attached hydrogen (secondary N) is 2. The number of sulfonamides is 1. The molecule has 0 bridgehead atoms. The second-order valence-electron chi connectivity index (χ2n) is 4.97. The SMILES string of the molecule is CC(NS(=O)(=O)c1ccccc1)C(=O)NCc1ccccc1Cl. The molecule has 0 heterocycles. The minimum absolute atomic E-state index is 0.116. The van der Waals surface area contributed by atoms with Gasteiger partial charge in [-0.25, -0.2) is 8.42 Å². The summed E-state index contributed by atoms with van der Waals surface area (Å²) in [5.41, 5.74) is 0.764. The smallest absolute Gasteiger partial charge is 0.241 e. The highest BCUT2D eigenvalue weighted by atomic mass is 35.5. The molecule has 2 aromatic rings. The highest BCUT2D eigenvalue weighted by molar-refractivity contribution is 7.89. The van der Waals surface area contributed by atoms with Crippen LogP contribution in [0.25, 0.3) is 0 Å². The molecule has 0 saturated carbocycles. The van der Waals surface area contributed by atoms with Crippen molar-refractivity contribution in [3.8, 4) is 0 Å². The predicted octanol–water partition coefficient (Wildman–Crippen LogP) is 2.32. The topological polar surface area (TPSA) is 75.3 Å². The Bertz CT molecular complexity index is 779. The maximum atomic E-state index is 12.2. The maximum Gasteiger partial charge on any atom is 0.241 e. The zero-order valence-electron chi connectivity index (χ0n) is 12.5. The number of benzene rings is 2. The van der Waals surface area contributed by atoms with Crippen molar-refractivity contribution in [3.63, 3.8) is 0 Å². The van der Waals surface area contributed by atoms with Crippen LogP contribution in [0.3, 0.4) is 0 Å². The molecular formula is C16H17ClN2O3S. The van der Waals surface area contributed by atoms with Gasteiger partial charge in [0, 0.05) is 11.6 Å². The quantitative estimate of drug-likeness (QED) is 0.837. The van der Waals surface area contributed by atoms with Gasteiger partial charge in [-0.2, -0.15) is 4.72 Å². The first-order chi connectivity index (χ1) is 10.9. The van der Waals surface area contributed by atoms with Crippen LogP contribution < -0.4 is 10.0 Å². The maximum absolute atomic E-state index is 12.2. The van der Waals surface area contributed by atoms with Crippen molar-refractivity contribution >= 4 is 27.5 Å². The summed E-state index contributed by atoms with van der Waals surface area (Å²) >= 11 is 6.01. The van der Waals surface area contributed by atoms with Gasteiger partial charge >= 0.3 is 0 Å². The van der Waals surface area contributed by atoms with E-state index in [0.29, 0.717) is 5.02 Å². The lowest BCUT2D eigenvalue weighted by Crippen LogP contribution is -2.44. The Labute approximate surface area is 140 Å². The summed E-state index contributed by atoms with van der Waals surface area (Å²) in [6.07, 6.45) is 0.